The molecule has 2 saturated heterocycles. The first-order valence-corrected chi connectivity index (χ1v) is 14.1. The molecule has 0 bridgehead atoms. The zero-order chi connectivity index (χ0) is 26.3. The van der Waals surface area contributed by atoms with Crippen LogP contribution < -0.4 is 10.6 Å². The summed E-state index contributed by atoms with van der Waals surface area (Å²) in [6.07, 6.45) is 4.48. The summed E-state index contributed by atoms with van der Waals surface area (Å²) in [6.45, 7) is 5.07. The molecule has 0 radical (unpaired) electrons. The van der Waals surface area contributed by atoms with Crippen molar-refractivity contribution in [2.45, 2.75) is 23.9 Å². The molecule has 0 aliphatic carbocycles. The molecular formula is C29H33F2N5OS. The molecule has 3 heterocycles. The summed E-state index contributed by atoms with van der Waals surface area (Å²) >= 11 is 1.73. The SMILES string of the molecule is O=C(NCCCN1CCN(C(c2ccc(F)cc2)c2ccc(F)cc2)CC1)C1CSC(c2cccnc2)N1. The molecule has 2 atom stereocenters. The molecule has 3 aromatic rings. The summed E-state index contributed by atoms with van der Waals surface area (Å²) in [5, 5.41) is 6.59. The van der Waals surface area contributed by atoms with E-state index in [0.717, 1.165) is 61.6 Å². The molecule has 0 spiro atoms. The molecule has 2 N–H and O–H groups in total. The smallest absolute Gasteiger partial charge is 0.238 e. The van der Waals surface area contributed by atoms with Crippen molar-refractivity contribution < 1.29 is 13.6 Å². The van der Waals surface area contributed by atoms with Gasteiger partial charge in [0, 0.05) is 50.9 Å². The molecule has 2 aliphatic heterocycles. The fraction of sp³-hybridized carbons (Fsp3) is 0.379. The number of nitrogens with zero attached hydrogens (tertiary/aromatic N) is 3. The lowest BCUT2D eigenvalue weighted by Crippen LogP contribution is -2.48. The summed E-state index contributed by atoms with van der Waals surface area (Å²) in [6, 6.07) is 16.9. The quantitative estimate of drug-likeness (QED) is 0.403. The highest BCUT2D eigenvalue weighted by atomic mass is 32.2. The van der Waals surface area contributed by atoms with Gasteiger partial charge in [0.25, 0.3) is 0 Å². The highest BCUT2D eigenvalue weighted by Gasteiger charge is 2.30. The van der Waals surface area contributed by atoms with Gasteiger partial charge in [-0.25, -0.2) is 8.78 Å². The van der Waals surface area contributed by atoms with Gasteiger partial charge in [0.05, 0.1) is 17.5 Å². The van der Waals surface area contributed by atoms with Crippen molar-refractivity contribution in [2.75, 3.05) is 45.0 Å². The number of carbonyl (C=O) groups is 1. The molecule has 6 nitrogen and oxygen atoms in total. The Bertz CT molecular complexity index is 1130. The van der Waals surface area contributed by atoms with Gasteiger partial charge in [0.15, 0.2) is 0 Å². The largest absolute Gasteiger partial charge is 0.355 e. The minimum absolute atomic E-state index is 0.0510. The Labute approximate surface area is 226 Å². The second-order valence-electron chi connectivity index (χ2n) is 9.75. The van der Waals surface area contributed by atoms with Crippen molar-refractivity contribution in [1.82, 2.24) is 25.4 Å². The fourth-order valence-corrected chi connectivity index (χ4v) is 6.36. The number of pyridine rings is 1. The normalized spacial score (nSPS) is 20.6. The topological polar surface area (TPSA) is 60.5 Å². The number of aromatic nitrogens is 1. The monoisotopic (exact) mass is 537 g/mol. The number of nitrogens with one attached hydrogen (secondary N) is 2. The molecule has 1 aromatic heterocycles. The van der Waals surface area contributed by atoms with Gasteiger partial charge in [-0.3, -0.25) is 20.0 Å². The lowest BCUT2D eigenvalue weighted by atomic mass is 9.96. The Kier molecular flexibility index (Phi) is 9.01. The van der Waals surface area contributed by atoms with Crippen LogP contribution in [-0.4, -0.2) is 71.8 Å². The summed E-state index contributed by atoms with van der Waals surface area (Å²) in [7, 11) is 0. The standard InChI is InChI=1S/C29H33F2N5OS/c30-24-8-4-21(5-9-24)27(22-6-10-25(31)11-7-22)36-17-15-35(16-18-36)14-2-13-33-28(37)26-20-38-29(34-26)23-3-1-12-32-19-23/h1,3-12,19,26-27,29,34H,2,13-18,20H2,(H,33,37). The third-order valence-corrected chi connectivity index (χ3v) is 8.45. The molecule has 38 heavy (non-hydrogen) atoms. The zero-order valence-electron chi connectivity index (χ0n) is 21.2. The number of halogens is 2. The Morgan fingerprint density at radius 2 is 1.66 bits per heavy atom. The first-order valence-electron chi connectivity index (χ1n) is 13.1. The number of thioether (sulfide) groups is 1. The van der Waals surface area contributed by atoms with Gasteiger partial charge in [-0.05, 0) is 60.0 Å². The third-order valence-electron chi connectivity index (χ3n) is 7.18. The summed E-state index contributed by atoms with van der Waals surface area (Å²) in [5.41, 5.74) is 3.09. The van der Waals surface area contributed by atoms with Crippen LogP contribution in [0.25, 0.3) is 0 Å². The summed E-state index contributed by atoms with van der Waals surface area (Å²) < 4.78 is 27.1. The van der Waals surface area contributed by atoms with E-state index >= 15 is 0 Å². The molecule has 2 aromatic carbocycles. The van der Waals surface area contributed by atoms with Crippen molar-refractivity contribution in [3.63, 3.8) is 0 Å². The summed E-state index contributed by atoms with van der Waals surface area (Å²) in [4.78, 5) is 21.6. The maximum absolute atomic E-state index is 13.6. The molecular weight excluding hydrogens is 504 g/mol. The highest BCUT2D eigenvalue weighted by molar-refractivity contribution is 7.99. The van der Waals surface area contributed by atoms with E-state index < -0.39 is 0 Å². The van der Waals surface area contributed by atoms with Crippen LogP contribution in [0.4, 0.5) is 8.78 Å². The molecule has 200 valence electrons. The van der Waals surface area contributed by atoms with E-state index in [1.54, 1.807) is 18.0 Å². The minimum Gasteiger partial charge on any atom is -0.355 e. The van der Waals surface area contributed by atoms with Crippen molar-refractivity contribution >= 4 is 17.7 Å². The van der Waals surface area contributed by atoms with E-state index in [2.05, 4.69) is 25.4 Å². The number of rotatable bonds is 9. The Balaban J connectivity index is 1.07. The van der Waals surface area contributed by atoms with Gasteiger partial charge < -0.3 is 10.2 Å². The number of hydrogen-bond donors (Lipinski definition) is 2. The average Bonchev–Trinajstić information content (AvgIpc) is 3.45. The highest BCUT2D eigenvalue weighted by Crippen LogP contribution is 2.32. The third kappa shape index (κ3) is 6.77. The van der Waals surface area contributed by atoms with Crippen molar-refractivity contribution in [2.24, 2.45) is 0 Å². The van der Waals surface area contributed by atoms with Crippen molar-refractivity contribution in [3.05, 3.63) is 101 Å². The predicted octanol–water partition coefficient (Wildman–Crippen LogP) is 3.98. The van der Waals surface area contributed by atoms with E-state index in [-0.39, 0.29) is 35.0 Å². The van der Waals surface area contributed by atoms with Crippen LogP contribution in [0.1, 0.15) is 34.5 Å². The Hall–Kier alpha value is -2.85. The fourth-order valence-electron chi connectivity index (χ4n) is 5.13. The number of hydrogen-bond acceptors (Lipinski definition) is 6. The van der Waals surface area contributed by atoms with Gasteiger partial charge in [-0.2, -0.15) is 0 Å². The van der Waals surface area contributed by atoms with E-state index in [9.17, 15) is 13.6 Å². The van der Waals surface area contributed by atoms with Crippen molar-refractivity contribution in [1.29, 1.82) is 0 Å². The minimum atomic E-state index is -0.265. The number of carbonyl (C=O) groups excluding carboxylic acids is 1. The maximum Gasteiger partial charge on any atom is 0.238 e. The first-order chi connectivity index (χ1) is 18.6. The Morgan fingerprint density at radius 1 is 1.00 bits per heavy atom. The van der Waals surface area contributed by atoms with E-state index in [4.69, 9.17) is 0 Å². The van der Waals surface area contributed by atoms with Crippen molar-refractivity contribution in [3.8, 4) is 0 Å². The number of benzene rings is 2. The van der Waals surface area contributed by atoms with E-state index in [0.29, 0.717) is 6.54 Å². The molecule has 1 amide bonds. The molecule has 2 fully saturated rings. The van der Waals surface area contributed by atoms with Crippen LogP contribution in [-0.2, 0) is 4.79 Å². The maximum atomic E-state index is 13.6. The molecule has 2 unspecified atom stereocenters. The molecule has 5 rings (SSSR count). The van der Waals surface area contributed by atoms with Gasteiger partial charge in [-0.15, -0.1) is 11.8 Å². The second kappa shape index (κ2) is 12.8. The van der Waals surface area contributed by atoms with Crippen LogP contribution in [0.5, 0.6) is 0 Å². The van der Waals surface area contributed by atoms with Gasteiger partial charge in [0.2, 0.25) is 5.91 Å². The summed E-state index contributed by atoms with van der Waals surface area (Å²) in [5.74, 6) is 0.269. The average molecular weight is 538 g/mol. The second-order valence-corrected chi connectivity index (χ2v) is 10.9. The lowest BCUT2D eigenvalue weighted by molar-refractivity contribution is -0.122. The van der Waals surface area contributed by atoms with E-state index in [1.165, 1.54) is 24.3 Å². The van der Waals surface area contributed by atoms with Crippen LogP contribution in [0, 0.1) is 11.6 Å². The molecule has 9 heteroatoms. The number of amides is 1. The number of piperazine rings is 1. The van der Waals surface area contributed by atoms with Crippen LogP contribution in [0.3, 0.4) is 0 Å². The lowest BCUT2D eigenvalue weighted by Gasteiger charge is -2.40. The zero-order valence-corrected chi connectivity index (χ0v) is 22.0. The van der Waals surface area contributed by atoms with Crippen LogP contribution in [0.2, 0.25) is 0 Å². The molecule has 2 aliphatic rings. The van der Waals surface area contributed by atoms with Gasteiger partial charge >= 0.3 is 0 Å². The predicted molar refractivity (Wildman–Crippen MR) is 147 cm³/mol. The van der Waals surface area contributed by atoms with Crippen LogP contribution in [0.15, 0.2) is 73.1 Å². The van der Waals surface area contributed by atoms with Gasteiger partial charge in [-0.1, -0.05) is 30.3 Å². The first kappa shape index (κ1) is 26.7. The molecule has 0 saturated carbocycles. The van der Waals surface area contributed by atoms with Crippen LogP contribution >= 0.6 is 11.8 Å². The Morgan fingerprint density at radius 3 is 2.26 bits per heavy atom. The van der Waals surface area contributed by atoms with Gasteiger partial charge in [0.1, 0.15) is 11.6 Å². The van der Waals surface area contributed by atoms with E-state index in [1.807, 2.05) is 42.6 Å².